The van der Waals surface area contributed by atoms with Crippen LogP contribution in [0.1, 0.15) is 41.3 Å². The monoisotopic (exact) mass is 565 g/mol. The molecule has 0 radical (unpaired) electrons. The Morgan fingerprint density at radius 1 is 1.03 bits per heavy atom. The van der Waals surface area contributed by atoms with Gasteiger partial charge in [0.15, 0.2) is 27.3 Å². The van der Waals surface area contributed by atoms with Crippen molar-refractivity contribution >= 4 is 33.0 Å². The maximum absolute atomic E-state index is 13.9. The Morgan fingerprint density at radius 3 is 2.34 bits per heavy atom. The lowest BCUT2D eigenvalue weighted by Gasteiger charge is -2.37. The molecule has 0 spiro atoms. The van der Waals surface area contributed by atoms with Crippen molar-refractivity contribution in [2.24, 2.45) is 11.8 Å². The SMILES string of the molecule is O=C(Nc1cc(F)c(F)c(F)c1)c1ccc(Cl)c(S(=O)(=O)[C@@H]2C3CCC2[C@@](O)(C(O)c2ccccc2)C3)c1. The van der Waals surface area contributed by atoms with Gasteiger partial charge in [-0.3, -0.25) is 4.79 Å². The quantitative estimate of drug-likeness (QED) is 0.363. The van der Waals surface area contributed by atoms with Gasteiger partial charge in [0.2, 0.25) is 0 Å². The number of hydrogen-bond acceptors (Lipinski definition) is 5. The van der Waals surface area contributed by atoms with E-state index in [1.54, 1.807) is 30.3 Å². The van der Waals surface area contributed by atoms with Gasteiger partial charge in [-0.25, -0.2) is 21.6 Å². The lowest BCUT2D eigenvalue weighted by atomic mass is 9.78. The van der Waals surface area contributed by atoms with Gasteiger partial charge in [0.1, 0.15) is 6.10 Å². The van der Waals surface area contributed by atoms with Gasteiger partial charge in [-0.1, -0.05) is 41.9 Å². The van der Waals surface area contributed by atoms with Crippen LogP contribution in [0.4, 0.5) is 18.9 Å². The van der Waals surface area contributed by atoms with E-state index in [1.807, 2.05) is 0 Å². The molecule has 2 aliphatic carbocycles. The molecule has 3 N–H and O–H groups in total. The first-order valence-corrected chi connectivity index (χ1v) is 13.8. The molecule has 11 heteroatoms. The van der Waals surface area contributed by atoms with Crippen LogP contribution in [0, 0.1) is 29.3 Å². The number of aliphatic hydroxyl groups excluding tert-OH is 1. The Hall–Kier alpha value is -2.92. The molecule has 2 bridgehead atoms. The molecule has 0 aliphatic heterocycles. The first kappa shape index (κ1) is 26.7. The zero-order valence-electron chi connectivity index (χ0n) is 19.7. The molecule has 3 aromatic carbocycles. The number of halogens is 4. The third-order valence-electron chi connectivity index (χ3n) is 7.63. The highest BCUT2D eigenvalue weighted by Crippen LogP contribution is 2.58. The van der Waals surface area contributed by atoms with Gasteiger partial charge in [0, 0.05) is 29.3 Å². The molecule has 2 aliphatic rings. The molecule has 200 valence electrons. The summed E-state index contributed by atoms with van der Waals surface area (Å²) < 4.78 is 68.1. The average Bonchev–Trinajstić information content (AvgIpc) is 3.44. The summed E-state index contributed by atoms with van der Waals surface area (Å²) in [4.78, 5) is 12.4. The number of nitrogens with one attached hydrogen (secondary N) is 1. The maximum Gasteiger partial charge on any atom is 0.255 e. The molecule has 0 aromatic heterocycles. The number of hydrogen-bond donors (Lipinski definition) is 3. The summed E-state index contributed by atoms with van der Waals surface area (Å²) in [6.45, 7) is 0. The number of benzene rings is 3. The predicted octanol–water partition coefficient (Wildman–Crippen LogP) is 5.05. The molecule has 2 saturated carbocycles. The van der Waals surface area contributed by atoms with Crippen LogP contribution in [0.15, 0.2) is 65.6 Å². The van der Waals surface area contributed by atoms with E-state index in [2.05, 4.69) is 5.32 Å². The van der Waals surface area contributed by atoms with E-state index in [-0.39, 0.29) is 27.6 Å². The third-order valence-corrected chi connectivity index (χ3v) is 10.5. The Labute approximate surface area is 222 Å². The highest BCUT2D eigenvalue weighted by Gasteiger charge is 2.63. The van der Waals surface area contributed by atoms with E-state index < -0.39 is 62.0 Å². The highest BCUT2D eigenvalue weighted by atomic mass is 35.5. The van der Waals surface area contributed by atoms with Crippen LogP contribution < -0.4 is 5.32 Å². The Bertz CT molecular complexity index is 1500. The highest BCUT2D eigenvalue weighted by molar-refractivity contribution is 7.92. The number of carbonyl (C=O) groups excluding carboxylic acids is 1. The van der Waals surface area contributed by atoms with Crippen LogP contribution in [0.3, 0.4) is 0 Å². The standard InChI is InChI=1S/C27H23ClF3NO5S/c28-19-9-7-15(26(34)32-17-11-20(29)23(31)21(30)12-17)10-22(19)38(36,37)24-16-6-8-18(24)27(35,13-16)25(33)14-4-2-1-3-5-14/h1-5,7,9-12,16,18,24-25,33,35H,6,8,13H2,(H,32,34)/t16?,18?,24-,25?,27-/m1/s1. The van der Waals surface area contributed by atoms with Crippen molar-refractivity contribution in [1.82, 2.24) is 0 Å². The van der Waals surface area contributed by atoms with E-state index in [1.165, 1.54) is 12.1 Å². The number of aliphatic hydroxyl groups is 2. The Morgan fingerprint density at radius 2 is 1.68 bits per heavy atom. The molecular weight excluding hydrogens is 543 g/mol. The lowest BCUT2D eigenvalue weighted by molar-refractivity contribution is -0.112. The zero-order chi connectivity index (χ0) is 27.4. The molecule has 38 heavy (non-hydrogen) atoms. The fourth-order valence-corrected chi connectivity index (χ4v) is 8.83. The van der Waals surface area contributed by atoms with Crippen molar-refractivity contribution in [3.8, 4) is 0 Å². The predicted molar refractivity (Wildman–Crippen MR) is 134 cm³/mol. The molecular formula is C27H23ClF3NO5S. The van der Waals surface area contributed by atoms with Gasteiger partial charge in [0.05, 0.1) is 20.8 Å². The fraction of sp³-hybridized carbons (Fsp3) is 0.296. The van der Waals surface area contributed by atoms with Gasteiger partial charge >= 0.3 is 0 Å². The maximum atomic E-state index is 13.9. The van der Waals surface area contributed by atoms with Crippen molar-refractivity contribution in [2.45, 2.75) is 41.1 Å². The van der Waals surface area contributed by atoms with Crippen molar-refractivity contribution in [3.63, 3.8) is 0 Å². The van der Waals surface area contributed by atoms with Crippen LogP contribution in [-0.4, -0.2) is 35.4 Å². The Kier molecular flexibility index (Phi) is 6.79. The van der Waals surface area contributed by atoms with Crippen molar-refractivity contribution < 1.29 is 36.6 Å². The van der Waals surface area contributed by atoms with E-state index in [9.17, 15) is 36.6 Å². The van der Waals surface area contributed by atoms with Crippen molar-refractivity contribution in [2.75, 3.05) is 5.32 Å². The number of fused-ring (bicyclic) bond motifs is 2. The molecule has 5 rings (SSSR count). The summed E-state index contributed by atoms with van der Waals surface area (Å²) in [5, 5.41) is 23.6. The van der Waals surface area contributed by atoms with Crippen LogP contribution in [-0.2, 0) is 9.84 Å². The summed E-state index contributed by atoms with van der Waals surface area (Å²) >= 11 is 6.26. The van der Waals surface area contributed by atoms with Gasteiger partial charge in [0.25, 0.3) is 5.91 Å². The number of rotatable bonds is 6. The van der Waals surface area contributed by atoms with Crippen LogP contribution in [0.25, 0.3) is 0 Å². The average molecular weight is 566 g/mol. The van der Waals surface area contributed by atoms with E-state index in [0.717, 1.165) is 6.07 Å². The fourth-order valence-electron chi connectivity index (χ4n) is 5.92. The Balaban J connectivity index is 1.45. The molecule has 3 unspecified atom stereocenters. The number of sulfone groups is 1. The van der Waals surface area contributed by atoms with Crippen LogP contribution in [0.5, 0.6) is 0 Å². The molecule has 0 heterocycles. The van der Waals surface area contributed by atoms with E-state index in [4.69, 9.17) is 11.6 Å². The second kappa shape index (κ2) is 9.68. The molecule has 1 amide bonds. The van der Waals surface area contributed by atoms with Gasteiger partial charge < -0.3 is 15.5 Å². The first-order chi connectivity index (χ1) is 17.9. The zero-order valence-corrected chi connectivity index (χ0v) is 21.3. The van der Waals surface area contributed by atoms with E-state index >= 15 is 0 Å². The minimum atomic E-state index is -4.19. The van der Waals surface area contributed by atoms with Gasteiger partial charge in [-0.05, 0) is 48.9 Å². The summed E-state index contributed by atoms with van der Waals surface area (Å²) in [5.41, 5.74) is -1.72. The minimum Gasteiger partial charge on any atom is -0.386 e. The number of carbonyl (C=O) groups is 1. The van der Waals surface area contributed by atoms with Crippen LogP contribution in [0.2, 0.25) is 5.02 Å². The summed E-state index contributed by atoms with van der Waals surface area (Å²) in [6, 6.07) is 13.2. The number of anilines is 1. The summed E-state index contributed by atoms with van der Waals surface area (Å²) in [6.07, 6.45) is -0.288. The summed E-state index contributed by atoms with van der Waals surface area (Å²) in [7, 11) is -4.19. The summed E-state index contributed by atoms with van der Waals surface area (Å²) in [5.74, 6) is -6.79. The van der Waals surface area contributed by atoms with Gasteiger partial charge in [-0.15, -0.1) is 0 Å². The van der Waals surface area contributed by atoms with Crippen LogP contribution >= 0.6 is 11.6 Å². The first-order valence-electron chi connectivity index (χ1n) is 11.9. The van der Waals surface area contributed by atoms with Crippen molar-refractivity contribution in [3.05, 3.63) is 94.3 Å². The molecule has 3 aromatic rings. The second-order valence-electron chi connectivity index (χ2n) is 9.82. The smallest absolute Gasteiger partial charge is 0.255 e. The second-order valence-corrected chi connectivity index (χ2v) is 12.3. The van der Waals surface area contributed by atoms with Gasteiger partial charge in [-0.2, -0.15) is 0 Å². The topological polar surface area (TPSA) is 104 Å². The largest absolute Gasteiger partial charge is 0.386 e. The molecule has 2 fully saturated rings. The molecule has 0 saturated heterocycles. The number of amides is 1. The third kappa shape index (κ3) is 4.39. The molecule has 6 nitrogen and oxygen atoms in total. The minimum absolute atomic E-state index is 0.0805. The van der Waals surface area contributed by atoms with E-state index in [0.29, 0.717) is 30.5 Å². The molecule has 5 atom stereocenters. The normalized spacial score (nSPS) is 25.4. The lowest BCUT2D eigenvalue weighted by Crippen LogP contribution is -2.44. The van der Waals surface area contributed by atoms with Crippen molar-refractivity contribution in [1.29, 1.82) is 0 Å².